The Balaban J connectivity index is 1.61. The molecule has 0 unspecified atom stereocenters. The summed E-state index contributed by atoms with van der Waals surface area (Å²) in [6.45, 7) is 0.454. The molecule has 0 aliphatic heterocycles. The van der Waals surface area contributed by atoms with Crippen LogP contribution in [-0.4, -0.2) is 25.1 Å². The van der Waals surface area contributed by atoms with Crippen molar-refractivity contribution < 1.29 is 9.05 Å². The third-order valence-corrected chi connectivity index (χ3v) is 3.94. The number of hydrogen-bond donors (Lipinski definition) is 0. The Morgan fingerprint density at radius 1 is 1.19 bits per heavy atom. The average molecular weight is 350 g/mol. The lowest BCUT2D eigenvalue weighted by Gasteiger charge is -2.07. The molecule has 0 radical (unpaired) electrons. The van der Waals surface area contributed by atoms with Crippen LogP contribution in [0.2, 0.25) is 0 Å². The van der Waals surface area contributed by atoms with Crippen LogP contribution in [-0.2, 0) is 19.4 Å². The van der Waals surface area contributed by atoms with Gasteiger partial charge in [-0.05, 0) is 35.2 Å². The van der Waals surface area contributed by atoms with E-state index in [9.17, 15) is 0 Å². The number of halogens is 1. The van der Waals surface area contributed by atoms with Crippen molar-refractivity contribution in [3.05, 3.63) is 34.0 Å². The maximum absolute atomic E-state index is 5.37. The highest BCUT2D eigenvalue weighted by molar-refractivity contribution is 9.10. The van der Waals surface area contributed by atoms with E-state index in [2.05, 4.69) is 36.3 Å². The van der Waals surface area contributed by atoms with E-state index in [4.69, 9.17) is 9.05 Å². The van der Waals surface area contributed by atoms with Gasteiger partial charge >= 0.3 is 0 Å². The molecular weight excluding hydrogens is 338 g/mol. The molecular formula is C13H12BrN5O2. The Morgan fingerprint density at radius 2 is 2.10 bits per heavy atom. The van der Waals surface area contributed by atoms with E-state index in [1.165, 1.54) is 0 Å². The minimum absolute atomic E-state index is 0.420. The Bertz CT molecular complexity index is 775. The van der Waals surface area contributed by atoms with Crippen molar-refractivity contribution in [2.45, 2.75) is 32.2 Å². The molecule has 0 bridgehead atoms. The zero-order chi connectivity index (χ0) is 14.2. The second kappa shape index (κ2) is 5.10. The zero-order valence-corrected chi connectivity index (χ0v) is 12.7. The fourth-order valence-corrected chi connectivity index (χ4v) is 2.86. The van der Waals surface area contributed by atoms with Crippen molar-refractivity contribution in [2.24, 2.45) is 0 Å². The predicted molar refractivity (Wildman–Crippen MR) is 75.5 cm³/mol. The van der Waals surface area contributed by atoms with Gasteiger partial charge < -0.3 is 9.05 Å². The van der Waals surface area contributed by atoms with Gasteiger partial charge in [0.05, 0.1) is 10.7 Å². The van der Waals surface area contributed by atoms with Gasteiger partial charge in [0.2, 0.25) is 0 Å². The zero-order valence-electron chi connectivity index (χ0n) is 11.1. The number of aryl methyl sites for hydroxylation is 1. The number of rotatable bonds is 3. The van der Waals surface area contributed by atoms with Crippen LogP contribution in [0.3, 0.4) is 0 Å². The molecule has 1 aliphatic rings. The van der Waals surface area contributed by atoms with E-state index in [1.54, 1.807) is 10.9 Å². The molecule has 0 fully saturated rings. The van der Waals surface area contributed by atoms with Gasteiger partial charge in [-0.1, -0.05) is 10.3 Å². The van der Waals surface area contributed by atoms with Crippen molar-refractivity contribution in [3.63, 3.8) is 0 Å². The molecule has 0 aromatic carbocycles. The number of fused-ring (bicyclic) bond motifs is 1. The molecule has 8 heteroatoms. The standard InChI is InChI=1S/C13H12BrN5O2/c14-8-5-15-19(6-8)7-11-16-13(21-17-11)12-9-3-1-2-4-10(9)20-18-12/h5-6H,1-4,7H2. The molecule has 4 rings (SSSR count). The minimum Gasteiger partial charge on any atom is -0.360 e. The molecule has 3 aromatic rings. The van der Waals surface area contributed by atoms with Gasteiger partial charge in [0.1, 0.15) is 12.3 Å². The van der Waals surface area contributed by atoms with Gasteiger partial charge in [-0.25, -0.2) is 0 Å². The fraction of sp³-hybridized carbons (Fsp3) is 0.385. The van der Waals surface area contributed by atoms with Crippen molar-refractivity contribution in [1.29, 1.82) is 0 Å². The normalized spacial score (nSPS) is 14.3. The lowest BCUT2D eigenvalue weighted by molar-refractivity contribution is 0.369. The molecule has 1 aliphatic carbocycles. The molecule has 0 spiro atoms. The highest BCUT2D eigenvalue weighted by Crippen LogP contribution is 2.30. The van der Waals surface area contributed by atoms with Crippen LogP contribution in [0.4, 0.5) is 0 Å². The summed E-state index contributed by atoms with van der Waals surface area (Å²) in [4.78, 5) is 4.39. The summed E-state index contributed by atoms with van der Waals surface area (Å²) in [5.74, 6) is 1.93. The van der Waals surface area contributed by atoms with Crippen LogP contribution in [0.15, 0.2) is 25.9 Å². The molecule has 0 atom stereocenters. The SMILES string of the molecule is Brc1cnn(Cc2noc(-c3noc4c3CCCC4)n2)c1. The van der Waals surface area contributed by atoms with Gasteiger partial charge in [-0.2, -0.15) is 10.1 Å². The maximum atomic E-state index is 5.37. The van der Waals surface area contributed by atoms with Crippen LogP contribution in [0.5, 0.6) is 0 Å². The summed E-state index contributed by atoms with van der Waals surface area (Å²) in [6.07, 6.45) is 7.75. The van der Waals surface area contributed by atoms with Gasteiger partial charge in [0.15, 0.2) is 11.5 Å². The Morgan fingerprint density at radius 3 is 2.95 bits per heavy atom. The lowest BCUT2D eigenvalue weighted by Crippen LogP contribution is -2.02. The van der Waals surface area contributed by atoms with Gasteiger partial charge in [-0.15, -0.1) is 0 Å². The van der Waals surface area contributed by atoms with Crippen LogP contribution in [0.25, 0.3) is 11.6 Å². The van der Waals surface area contributed by atoms with E-state index in [-0.39, 0.29) is 0 Å². The molecule has 0 saturated heterocycles. The number of hydrogen-bond acceptors (Lipinski definition) is 6. The Hall–Kier alpha value is -1.96. The van der Waals surface area contributed by atoms with Gasteiger partial charge in [-0.3, -0.25) is 4.68 Å². The largest absolute Gasteiger partial charge is 0.360 e. The smallest absolute Gasteiger partial charge is 0.280 e. The van der Waals surface area contributed by atoms with Crippen molar-refractivity contribution in [1.82, 2.24) is 25.1 Å². The summed E-state index contributed by atoms with van der Waals surface area (Å²) in [6, 6.07) is 0. The van der Waals surface area contributed by atoms with Crippen molar-refractivity contribution in [3.8, 4) is 11.6 Å². The van der Waals surface area contributed by atoms with Gasteiger partial charge in [0, 0.05) is 18.2 Å². The van der Waals surface area contributed by atoms with Crippen molar-refractivity contribution in [2.75, 3.05) is 0 Å². The summed E-state index contributed by atoms with van der Waals surface area (Å²) < 4.78 is 13.3. The molecule has 0 saturated carbocycles. The van der Waals surface area contributed by atoms with E-state index >= 15 is 0 Å². The molecule has 3 aromatic heterocycles. The number of aromatic nitrogens is 5. The maximum Gasteiger partial charge on any atom is 0.280 e. The second-order valence-electron chi connectivity index (χ2n) is 5.01. The summed E-state index contributed by atoms with van der Waals surface area (Å²) in [5.41, 5.74) is 1.79. The third-order valence-electron chi connectivity index (χ3n) is 3.53. The molecule has 0 amide bonds. The highest BCUT2D eigenvalue weighted by Gasteiger charge is 2.24. The topological polar surface area (TPSA) is 82.8 Å². The first kappa shape index (κ1) is 12.8. The van der Waals surface area contributed by atoms with E-state index in [1.807, 2.05) is 6.20 Å². The van der Waals surface area contributed by atoms with Crippen LogP contribution in [0, 0.1) is 0 Å². The first-order valence-electron chi connectivity index (χ1n) is 6.78. The van der Waals surface area contributed by atoms with Crippen LogP contribution < -0.4 is 0 Å². The monoisotopic (exact) mass is 349 g/mol. The van der Waals surface area contributed by atoms with E-state index < -0.39 is 0 Å². The van der Waals surface area contributed by atoms with Gasteiger partial charge in [0.25, 0.3) is 5.89 Å². The van der Waals surface area contributed by atoms with E-state index in [0.29, 0.717) is 24.0 Å². The first-order valence-corrected chi connectivity index (χ1v) is 7.57. The Labute approximate surface area is 128 Å². The minimum atomic E-state index is 0.420. The van der Waals surface area contributed by atoms with E-state index in [0.717, 1.165) is 41.5 Å². The Kier molecular flexibility index (Phi) is 3.10. The fourth-order valence-electron chi connectivity index (χ4n) is 2.54. The predicted octanol–water partition coefficient (Wildman–Crippen LogP) is 2.61. The molecule has 21 heavy (non-hydrogen) atoms. The summed E-state index contributed by atoms with van der Waals surface area (Å²) in [5, 5.41) is 12.2. The molecule has 3 heterocycles. The summed E-state index contributed by atoms with van der Waals surface area (Å²) >= 11 is 3.35. The quantitative estimate of drug-likeness (QED) is 0.722. The average Bonchev–Trinajstić information content (AvgIpc) is 3.19. The molecule has 108 valence electrons. The van der Waals surface area contributed by atoms with Crippen LogP contribution in [0.1, 0.15) is 30.0 Å². The molecule has 7 nitrogen and oxygen atoms in total. The third kappa shape index (κ3) is 2.39. The summed E-state index contributed by atoms with van der Waals surface area (Å²) in [7, 11) is 0. The second-order valence-corrected chi connectivity index (χ2v) is 5.93. The van der Waals surface area contributed by atoms with Crippen molar-refractivity contribution >= 4 is 15.9 Å². The van der Waals surface area contributed by atoms with Crippen LogP contribution >= 0.6 is 15.9 Å². The lowest BCUT2D eigenvalue weighted by atomic mass is 9.96. The highest BCUT2D eigenvalue weighted by atomic mass is 79.9. The first-order chi connectivity index (χ1) is 10.3. The molecule has 0 N–H and O–H groups in total. The number of nitrogens with zero attached hydrogens (tertiary/aromatic N) is 5.